The number of nitrogens with two attached hydrogens (primary N) is 1. The first-order valence-electron chi connectivity index (χ1n) is 6.82. The fourth-order valence-electron chi connectivity index (χ4n) is 2.55. The Morgan fingerprint density at radius 3 is 2.45 bits per heavy atom. The Kier molecular flexibility index (Phi) is 4.45. The van der Waals surface area contributed by atoms with Gasteiger partial charge < -0.3 is 5.32 Å². The van der Waals surface area contributed by atoms with Crippen LogP contribution in [-0.4, -0.2) is 14.3 Å². The van der Waals surface area contributed by atoms with Gasteiger partial charge in [-0.2, -0.15) is 0 Å². The van der Waals surface area contributed by atoms with E-state index in [9.17, 15) is 13.2 Å². The van der Waals surface area contributed by atoms with Gasteiger partial charge in [0.15, 0.2) is 0 Å². The summed E-state index contributed by atoms with van der Waals surface area (Å²) in [5.74, 6) is 0.0947. The molecule has 3 N–H and O–H groups in total. The summed E-state index contributed by atoms with van der Waals surface area (Å²) in [6, 6.07) is 4.49. The van der Waals surface area contributed by atoms with Gasteiger partial charge in [0.05, 0.1) is 4.90 Å². The van der Waals surface area contributed by atoms with E-state index in [1.165, 1.54) is 18.6 Å². The van der Waals surface area contributed by atoms with Gasteiger partial charge in [0.25, 0.3) is 0 Å². The summed E-state index contributed by atoms with van der Waals surface area (Å²) in [6.45, 7) is 1.76. The summed E-state index contributed by atoms with van der Waals surface area (Å²) in [6.07, 6.45) is 5.26. The third-order valence-corrected chi connectivity index (χ3v) is 4.67. The Morgan fingerprint density at radius 2 is 1.90 bits per heavy atom. The number of carbonyl (C=O) groups is 1. The Bertz CT molecular complexity index is 605. The first kappa shape index (κ1) is 15.0. The maximum atomic E-state index is 12.1. The lowest BCUT2D eigenvalue weighted by atomic mass is 9.88. The van der Waals surface area contributed by atoms with Crippen molar-refractivity contribution in [3.8, 4) is 0 Å². The average molecular weight is 296 g/mol. The van der Waals surface area contributed by atoms with Crippen molar-refractivity contribution in [1.82, 2.24) is 0 Å². The van der Waals surface area contributed by atoms with Crippen LogP contribution in [0.2, 0.25) is 0 Å². The highest BCUT2D eigenvalue weighted by Gasteiger charge is 2.21. The van der Waals surface area contributed by atoms with Gasteiger partial charge in [0.1, 0.15) is 0 Å². The molecule has 0 aromatic heterocycles. The fourth-order valence-corrected chi connectivity index (χ4v) is 3.15. The molecule has 1 fully saturated rings. The predicted molar refractivity (Wildman–Crippen MR) is 77.8 cm³/mol. The molecule has 0 unspecified atom stereocenters. The topological polar surface area (TPSA) is 89.3 Å². The maximum absolute atomic E-state index is 12.1. The van der Waals surface area contributed by atoms with E-state index in [0.717, 1.165) is 25.7 Å². The Balaban J connectivity index is 2.11. The van der Waals surface area contributed by atoms with Gasteiger partial charge in [-0.15, -0.1) is 0 Å². The number of anilines is 1. The summed E-state index contributed by atoms with van der Waals surface area (Å²) in [5.41, 5.74) is 1.34. The van der Waals surface area contributed by atoms with E-state index in [-0.39, 0.29) is 16.7 Å². The molecule has 0 aliphatic heterocycles. The monoisotopic (exact) mass is 296 g/mol. The summed E-state index contributed by atoms with van der Waals surface area (Å²) >= 11 is 0. The molecule has 1 aromatic carbocycles. The Morgan fingerprint density at radius 1 is 1.25 bits per heavy atom. The molecule has 0 heterocycles. The molecular formula is C14H20N2O3S. The number of hydrogen-bond acceptors (Lipinski definition) is 3. The molecule has 20 heavy (non-hydrogen) atoms. The van der Waals surface area contributed by atoms with E-state index in [1.807, 2.05) is 0 Å². The second kappa shape index (κ2) is 5.93. The molecule has 1 amide bonds. The highest BCUT2D eigenvalue weighted by molar-refractivity contribution is 7.89. The number of sulfonamides is 1. The van der Waals surface area contributed by atoms with Gasteiger partial charge in [-0.05, 0) is 43.5 Å². The molecule has 0 spiro atoms. The zero-order chi connectivity index (χ0) is 14.8. The van der Waals surface area contributed by atoms with E-state index in [1.54, 1.807) is 13.0 Å². The summed E-state index contributed by atoms with van der Waals surface area (Å²) in [4.78, 5) is 12.2. The second-order valence-corrected chi connectivity index (χ2v) is 6.91. The number of nitrogens with one attached hydrogen (secondary N) is 1. The van der Waals surface area contributed by atoms with Crippen LogP contribution in [0, 0.1) is 12.8 Å². The number of hydrogen-bond donors (Lipinski definition) is 2. The summed E-state index contributed by atoms with van der Waals surface area (Å²) in [7, 11) is -3.70. The highest BCUT2D eigenvalue weighted by Crippen LogP contribution is 2.26. The molecule has 0 saturated heterocycles. The van der Waals surface area contributed by atoms with Crippen LogP contribution in [0.5, 0.6) is 0 Å². The van der Waals surface area contributed by atoms with E-state index >= 15 is 0 Å². The van der Waals surface area contributed by atoms with E-state index in [2.05, 4.69) is 5.32 Å². The number of carbonyl (C=O) groups excluding carboxylic acids is 1. The minimum absolute atomic E-state index is 0.0242. The standard InChI is InChI=1S/C14H20N2O3S/c1-10-9-12(20(15,18)19)7-8-13(10)16-14(17)11-5-3-2-4-6-11/h7-9,11H,2-6H2,1H3,(H,16,17)(H2,15,18,19). The van der Waals surface area contributed by atoms with E-state index in [0.29, 0.717) is 11.3 Å². The lowest BCUT2D eigenvalue weighted by molar-refractivity contribution is -0.120. The van der Waals surface area contributed by atoms with E-state index < -0.39 is 10.0 Å². The van der Waals surface area contributed by atoms with Crippen molar-refractivity contribution in [2.45, 2.75) is 43.9 Å². The first-order valence-corrected chi connectivity index (χ1v) is 8.37. The predicted octanol–water partition coefficient (Wildman–Crippen LogP) is 2.16. The lowest BCUT2D eigenvalue weighted by Crippen LogP contribution is -2.25. The van der Waals surface area contributed by atoms with Crippen molar-refractivity contribution in [1.29, 1.82) is 0 Å². The van der Waals surface area contributed by atoms with Crippen molar-refractivity contribution in [3.05, 3.63) is 23.8 Å². The third kappa shape index (κ3) is 3.58. The second-order valence-electron chi connectivity index (χ2n) is 5.35. The number of amides is 1. The first-order chi connectivity index (χ1) is 9.38. The SMILES string of the molecule is Cc1cc(S(N)(=O)=O)ccc1NC(=O)C1CCCCC1. The average Bonchev–Trinajstić information content (AvgIpc) is 2.41. The molecule has 1 aromatic rings. The van der Waals surface area contributed by atoms with E-state index in [4.69, 9.17) is 5.14 Å². The fraction of sp³-hybridized carbons (Fsp3) is 0.500. The number of benzene rings is 1. The largest absolute Gasteiger partial charge is 0.326 e. The van der Waals surface area contributed by atoms with Gasteiger partial charge in [-0.25, -0.2) is 13.6 Å². The van der Waals surface area contributed by atoms with Crippen molar-refractivity contribution < 1.29 is 13.2 Å². The van der Waals surface area contributed by atoms with Gasteiger partial charge in [-0.1, -0.05) is 19.3 Å². The van der Waals surface area contributed by atoms with Crippen molar-refractivity contribution in [2.24, 2.45) is 11.1 Å². The molecule has 0 radical (unpaired) electrons. The van der Waals surface area contributed by atoms with Crippen LogP contribution in [0.4, 0.5) is 5.69 Å². The zero-order valence-corrected chi connectivity index (χ0v) is 12.4. The molecule has 0 atom stereocenters. The normalized spacial score (nSPS) is 16.9. The number of aryl methyl sites for hydroxylation is 1. The molecule has 2 rings (SSSR count). The number of primary sulfonamides is 1. The zero-order valence-electron chi connectivity index (χ0n) is 11.6. The third-order valence-electron chi connectivity index (χ3n) is 3.76. The van der Waals surface area contributed by atoms with Crippen LogP contribution in [0.15, 0.2) is 23.1 Å². The summed E-state index contributed by atoms with van der Waals surface area (Å²) in [5, 5.41) is 7.96. The van der Waals surface area contributed by atoms with Crippen molar-refractivity contribution in [3.63, 3.8) is 0 Å². The van der Waals surface area contributed by atoms with Crippen LogP contribution in [0.25, 0.3) is 0 Å². The Hall–Kier alpha value is -1.40. The molecular weight excluding hydrogens is 276 g/mol. The van der Waals surface area contributed by atoms with Crippen LogP contribution in [0.1, 0.15) is 37.7 Å². The van der Waals surface area contributed by atoms with Crippen LogP contribution < -0.4 is 10.5 Å². The quantitative estimate of drug-likeness (QED) is 0.895. The van der Waals surface area contributed by atoms with Crippen molar-refractivity contribution >= 4 is 21.6 Å². The smallest absolute Gasteiger partial charge is 0.238 e. The lowest BCUT2D eigenvalue weighted by Gasteiger charge is -2.21. The van der Waals surface area contributed by atoms with Gasteiger partial charge in [0.2, 0.25) is 15.9 Å². The van der Waals surface area contributed by atoms with Gasteiger partial charge >= 0.3 is 0 Å². The molecule has 1 aliphatic carbocycles. The molecule has 0 bridgehead atoms. The molecule has 6 heteroatoms. The van der Waals surface area contributed by atoms with Crippen LogP contribution in [-0.2, 0) is 14.8 Å². The van der Waals surface area contributed by atoms with Crippen LogP contribution in [0.3, 0.4) is 0 Å². The molecule has 5 nitrogen and oxygen atoms in total. The van der Waals surface area contributed by atoms with Crippen LogP contribution >= 0.6 is 0 Å². The van der Waals surface area contributed by atoms with Crippen molar-refractivity contribution in [2.75, 3.05) is 5.32 Å². The Labute approximate surface area is 119 Å². The highest BCUT2D eigenvalue weighted by atomic mass is 32.2. The maximum Gasteiger partial charge on any atom is 0.238 e. The minimum Gasteiger partial charge on any atom is -0.326 e. The minimum atomic E-state index is -3.70. The molecule has 110 valence electrons. The number of rotatable bonds is 3. The molecule has 1 aliphatic rings. The summed E-state index contributed by atoms with van der Waals surface area (Å²) < 4.78 is 22.5. The van der Waals surface area contributed by atoms with Gasteiger partial charge in [-0.3, -0.25) is 4.79 Å². The van der Waals surface area contributed by atoms with Gasteiger partial charge in [0, 0.05) is 11.6 Å². The molecule has 1 saturated carbocycles.